The van der Waals surface area contributed by atoms with Crippen LogP contribution in [0.5, 0.6) is 5.75 Å². The molecule has 2 saturated heterocycles. The fourth-order valence-corrected chi connectivity index (χ4v) is 6.65. The molecule has 1 N–H and O–H groups in total. The van der Waals surface area contributed by atoms with Gasteiger partial charge in [0.1, 0.15) is 12.4 Å². The standard InChI is InChI=1S/C27H38Cl2N2O4S/c1-7-8-33-22-12-21(29)20(28)11-19(22)24(30-36-26(2,3)4)16-9-17-13-31(14-18(17)10-16)25(32)23-15-34-27(5,6)35-23/h7,11-12,16-18,23-24,30H,1,8-10,13-15H2,2-6H3. The number of hydrogen-bond donors (Lipinski definition) is 1. The van der Waals surface area contributed by atoms with Crippen molar-refractivity contribution in [3.8, 4) is 5.75 Å². The molecule has 0 bridgehead atoms. The second kappa shape index (κ2) is 11.0. The van der Waals surface area contributed by atoms with Crippen molar-refractivity contribution >= 4 is 41.1 Å². The molecule has 1 aromatic rings. The summed E-state index contributed by atoms with van der Waals surface area (Å²) in [5.74, 6) is 1.37. The number of nitrogens with zero attached hydrogens (tertiary/aromatic N) is 1. The largest absolute Gasteiger partial charge is 0.489 e. The molecule has 1 amide bonds. The molecule has 0 spiro atoms. The predicted octanol–water partition coefficient (Wildman–Crippen LogP) is 6.27. The summed E-state index contributed by atoms with van der Waals surface area (Å²) in [4.78, 5) is 15.1. The summed E-state index contributed by atoms with van der Waals surface area (Å²) in [6, 6.07) is 3.78. The molecular formula is C27H38Cl2N2O4S. The van der Waals surface area contributed by atoms with Crippen molar-refractivity contribution in [3.63, 3.8) is 0 Å². The molecule has 4 atom stereocenters. The molecule has 2 heterocycles. The van der Waals surface area contributed by atoms with Crippen LogP contribution in [-0.4, -0.2) is 53.7 Å². The maximum Gasteiger partial charge on any atom is 0.254 e. The molecule has 0 aromatic heterocycles. The molecule has 200 valence electrons. The molecule has 3 fully saturated rings. The Kier molecular flexibility index (Phi) is 8.60. The van der Waals surface area contributed by atoms with Crippen LogP contribution in [0, 0.1) is 17.8 Å². The van der Waals surface area contributed by atoms with Crippen LogP contribution in [0.1, 0.15) is 59.1 Å². The minimum atomic E-state index is -0.699. The Balaban J connectivity index is 1.50. The molecule has 1 saturated carbocycles. The zero-order valence-corrected chi connectivity index (χ0v) is 24.1. The van der Waals surface area contributed by atoms with E-state index in [0.29, 0.717) is 41.0 Å². The van der Waals surface area contributed by atoms with Crippen molar-refractivity contribution in [1.82, 2.24) is 9.62 Å². The predicted molar refractivity (Wildman–Crippen MR) is 147 cm³/mol. The van der Waals surface area contributed by atoms with Gasteiger partial charge in [-0.1, -0.05) is 47.8 Å². The van der Waals surface area contributed by atoms with E-state index in [-0.39, 0.29) is 16.7 Å². The Morgan fingerprint density at radius 1 is 1.28 bits per heavy atom. The number of fused-ring (bicyclic) bond motifs is 1. The van der Waals surface area contributed by atoms with E-state index in [1.165, 1.54) is 0 Å². The van der Waals surface area contributed by atoms with Gasteiger partial charge in [0.15, 0.2) is 11.9 Å². The summed E-state index contributed by atoms with van der Waals surface area (Å²) in [6.45, 7) is 16.3. The maximum absolute atomic E-state index is 13.1. The minimum Gasteiger partial charge on any atom is -0.489 e. The molecule has 0 radical (unpaired) electrons. The summed E-state index contributed by atoms with van der Waals surface area (Å²) in [7, 11) is 0. The number of ether oxygens (including phenoxy) is 3. The molecule has 6 nitrogen and oxygen atoms in total. The topological polar surface area (TPSA) is 60.0 Å². The highest BCUT2D eigenvalue weighted by Crippen LogP contribution is 2.49. The zero-order valence-electron chi connectivity index (χ0n) is 21.8. The van der Waals surface area contributed by atoms with Crippen LogP contribution in [0.2, 0.25) is 10.0 Å². The first kappa shape index (κ1) is 28.1. The summed E-state index contributed by atoms with van der Waals surface area (Å²) in [6.07, 6.45) is 3.26. The molecule has 4 rings (SSSR count). The van der Waals surface area contributed by atoms with Gasteiger partial charge in [0, 0.05) is 35.5 Å². The first-order chi connectivity index (χ1) is 16.9. The lowest BCUT2D eigenvalue weighted by molar-refractivity contribution is -0.159. The van der Waals surface area contributed by atoms with Gasteiger partial charge < -0.3 is 19.1 Å². The molecule has 1 aliphatic carbocycles. The van der Waals surface area contributed by atoms with E-state index >= 15 is 0 Å². The Labute approximate surface area is 229 Å². The van der Waals surface area contributed by atoms with Gasteiger partial charge >= 0.3 is 0 Å². The molecule has 36 heavy (non-hydrogen) atoms. The Morgan fingerprint density at radius 3 is 2.47 bits per heavy atom. The van der Waals surface area contributed by atoms with Crippen molar-refractivity contribution in [2.24, 2.45) is 17.8 Å². The van der Waals surface area contributed by atoms with Crippen LogP contribution in [0.3, 0.4) is 0 Å². The van der Waals surface area contributed by atoms with E-state index in [9.17, 15) is 4.79 Å². The van der Waals surface area contributed by atoms with E-state index in [2.05, 4.69) is 32.1 Å². The van der Waals surface area contributed by atoms with E-state index < -0.39 is 11.9 Å². The molecule has 2 aliphatic heterocycles. The van der Waals surface area contributed by atoms with Gasteiger partial charge in [-0.3, -0.25) is 9.52 Å². The average molecular weight is 558 g/mol. The van der Waals surface area contributed by atoms with Crippen LogP contribution in [-0.2, 0) is 14.3 Å². The van der Waals surface area contributed by atoms with Gasteiger partial charge in [0.25, 0.3) is 5.91 Å². The van der Waals surface area contributed by atoms with Crippen molar-refractivity contribution < 1.29 is 19.0 Å². The quantitative estimate of drug-likeness (QED) is 0.300. The van der Waals surface area contributed by atoms with Crippen molar-refractivity contribution in [1.29, 1.82) is 0 Å². The van der Waals surface area contributed by atoms with Crippen molar-refractivity contribution in [3.05, 3.63) is 40.4 Å². The average Bonchev–Trinajstić information content (AvgIpc) is 3.46. The molecule has 4 unspecified atom stereocenters. The van der Waals surface area contributed by atoms with E-state index in [4.69, 9.17) is 37.4 Å². The number of rotatable bonds is 8. The Morgan fingerprint density at radius 2 is 1.92 bits per heavy atom. The van der Waals surface area contributed by atoms with Crippen molar-refractivity contribution in [2.75, 3.05) is 26.3 Å². The highest BCUT2D eigenvalue weighted by Gasteiger charge is 2.48. The highest BCUT2D eigenvalue weighted by atomic mass is 35.5. The zero-order chi connectivity index (χ0) is 26.3. The fourth-order valence-electron chi connectivity index (χ4n) is 5.53. The van der Waals surface area contributed by atoms with Gasteiger partial charge in [0.05, 0.1) is 16.7 Å². The highest BCUT2D eigenvalue weighted by molar-refractivity contribution is 7.98. The minimum absolute atomic E-state index is 0.0332. The van der Waals surface area contributed by atoms with Gasteiger partial charge in [-0.25, -0.2) is 0 Å². The number of benzene rings is 1. The molecular weight excluding hydrogens is 519 g/mol. The number of likely N-dealkylation sites (tertiary alicyclic amines) is 1. The van der Waals surface area contributed by atoms with Crippen LogP contribution < -0.4 is 9.46 Å². The van der Waals surface area contributed by atoms with Crippen LogP contribution >= 0.6 is 35.1 Å². The van der Waals surface area contributed by atoms with Crippen LogP contribution in [0.25, 0.3) is 0 Å². The first-order valence-corrected chi connectivity index (χ1v) is 14.2. The third-order valence-corrected chi connectivity index (χ3v) is 8.80. The summed E-state index contributed by atoms with van der Waals surface area (Å²) < 4.78 is 21.2. The second-order valence-electron chi connectivity index (χ2n) is 11.5. The maximum atomic E-state index is 13.1. The van der Waals surface area contributed by atoms with Crippen molar-refractivity contribution in [2.45, 2.75) is 70.1 Å². The number of carbonyl (C=O) groups is 1. The molecule has 1 aromatic carbocycles. The number of carbonyl (C=O) groups excluding carboxylic acids is 1. The van der Waals surface area contributed by atoms with Crippen LogP contribution in [0.4, 0.5) is 0 Å². The lowest BCUT2D eigenvalue weighted by Crippen LogP contribution is -2.40. The Hall–Kier alpha value is -0.960. The third kappa shape index (κ3) is 6.54. The lowest BCUT2D eigenvalue weighted by Gasteiger charge is -2.31. The number of hydrogen-bond acceptors (Lipinski definition) is 6. The third-order valence-electron chi connectivity index (χ3n) is 7.09. The SMILES string of the molecule is C=CCOc1cc(Cl)c(Cl)cc1C(NSC(C)(C)C)C1CC2CN(C(=O)C3COC(C)(C)O3)CC2C1. The Bertz CT molecular complexity index is 969. The molecule has 3 aliphatic rings. The molecule has 9 heteroatoms. The summed E-state index contributed by atoms with van der Waals surface area (Å²) in [5.41, 5.74) is 1.01. The second-order valence-corrected chi connectivity index (χ2v) is 14.0. The summed E-state index contributed by atoms with van der Waals surface area (Å²) in [5, 5.41) is 0.988. The van der Waals surface area contributed by atoms with E-state index in [1.54, 1.807) is 24.1 Å². The number of amides is 1. The number of nitrogens with one attached hydrogen (secondary N) is 1. The van der Waals surface area contributed by atoms with E-state index in [0.717, 1.165) is 37.2 Å². The normalized spacial score (nSPS) is 28.2. The smallest absolute Gasteiger partial charge is 0.254 e. The van der Waals surface area contributed by atoms with Gasteiger partial charge in [0.2, 0.25) is 0 Å². The first-order valence-electron chi connectivity index (χ1n) is 12.6. The fraction of sp³-hybridized carbons (Fsp3) is 0.667. The summed E-state index contributed by atoms with van der Waals surface area (Å²) >= 11 is 14.6. The van der Waals surface area contributed by atoms with Gasteiger partial charge in [-0.05, 0) is 71.3 Å². The monoisotopic (exact) mass is 556 g/mol. The lowest BCUT2D eigenvalue weighted by atomic mass is 9.90. The van der Waals surface area contributed by atoms with Crippen LogP contribution in [0.15, 0.2) is 24.8 Å². The van der Waals surface area contributed by atoms with Gasteiger partial charge in [-0.15, -0.1) is 0 Å². The van der Waals surface area contributed by atoms with Gasteiger partial charge in [-0.2, -0.15) is 0 Å². The van der Waals surface area contributed by atoms with E-state index in [1.807, 2.05) is 24.8 Å². The number of halogens is 2.